The normalized spacial score (nSPS) is 27.6. The molecule has 1 aromatic rings. The Morgan fingerprint density at radius 1 is 1.36 bits per heavy atom. The lowest BCUT2D eigenvalue weighted by atomic mass is 9.95. The van der Waals surface area contributed by atoms with Crippen LogP contribution in [0.15, 0.2) is 22.2 Å². The number of nitrogens with one attached hydrogen (secondary N) is 1. The second-order valence-corrected chi connectivity index (χ2v) is 7.94. The summed E-state index contributed by atoms with van der Waals surface area (Å²) in [6.07, 6.45) is 5.61. The van der Waals surface area contributed by atoms with Crippen LogP contribution in [0.25, 0.3) is 0 Å². The number of aromatic amines is 1. The van der Waals surface area contributed by atoms with Crippen LogP contribution in [-0.4, -0.2) is 83.6 Å². The molecule has 3 saturated heterocycles. The Bertz CT molecular complexity index is 838. The molecule has 1 aromatic heterocycles. The van der Waals surface area contributed by atoms with Gasteiger partial charge >= 0.3 is 6.03 Å². The van der Waals surface area contributed by atoms with Gasteiger partial charge in [-0.1, -0.05) is 0 Å². The van der Waals surface area contributed by atoms with Crippen molar-refractivity contribution in [3.63, 3.8) is 0 Å². The first-order valence-electron chi connectivity index (χ1n) is 9.94. The van der Waals surface area contributed by atoms with Crippen molar-refractivity contribution in [1.82, 2.24) is 19.7 Å². The summed E-state index contributed by atoms with van der Waals surface area (Å²) in [4.78, 5) is 31.1. The molecule has 0 saturated carbocycles. The van der Waals surface area contributed by atoms with E-state index in [4.69, 9.17) is 5.26 Å². The zero-order valence-corrected chi connectivity index (χ0v) is 16.4. The zero-order chi connectivity index (χ0) is 19.7. The molecule has 2 unspecified atom stereocenters. The minimum atomic E-state index is -0.143. The topological polar surface area (TPSA) is 91.1 Å². The van der Waals surface area contributed by atoms with E-state index in [9.17, 15) is 4.79 Å². The molecule has 3 fully saturated rings. The van der Waals surface area contributed by atoms with Gasteiger partial charge in [0.1, 0.15) is 11.7 Å². The number of aromatic nitrogens is 1. The molecule has 4 heterocycles. The average Bonchev–Trinajstić information content (AvgIpc) is 3.50. The Morgan fingerprint density at radius 3 is 2.93 bits per heavy atom. The van der Waals surface area contributed by atoms with Gasteiger partial charge in [0.05, 0.1) is 23.1 Å². The van der Waals surface area contributed by atoms with E-state index in [1.807, 2.05) is 17.2 Å². The minimum absolute atomic E-state index is 0.0279. The van der Waals surface area contributed by atoms with Crippen molar-refractivity contribution in [2.24, 2.45) is 15.9 Å². The van der Waals surface area contributed by atoms with E-state index in [0.717, 1.165) is 62.5 Å². The summed E-state index contributed by atoms with van der Waals surface area (Å²) in [7, 11) is 1.80. The molecule has 1 N–H and O–H groups in total. The Kier molecular flexibility index (Phi) is 4.84. The minimum Gasteiger partial charge on any atom is -0.354 e. The van der Waals surface area contributed by atoms with Gasteiger partial charge < -0.3 is 19.7 Å². The molecule has 0 bridgehead atoms. The van der Waals surface area contributed by atoms with Crippen molar-refractivity contribution in [3.05, 3.63) is 17.8 Å². The van der Waals surface area contributed by atoms with E-state index in [1.54, 1.807) is 7.05 Å². The van der Waals surface area contributed by atoms with Crippen LogP contribution < -0.4 is 0 Å². The van der Waals surface area contributed by atoms with E-state index in [-0.39, 0.29) is 17.5 Å². The molecular weight excluding hydrogens is 354 g/mol. The number of nitriles is 1. The fourth-order valence-electron chi connectivity index (χ4n) is 5.01. The van der Waals surface area contributed by atoms with Crippen molar-refractivity contribution < 1.29 is 4.79 Å². The summed E-state index contributed by atoms with van der Waals surface area (Å²) in [5.41, 5.74) is 0.803. The van der Waals surface area contributed by atoms with Gasteiger partial charge in [0.2, 0.25) is 0 Å². The Labute approximate surface area is 165 Å². The number of urea groups is 1. The fourth-order valence-corrected chi connectivity index (χ4v) is 5.01. The third-order valence-corrected chi connectivity index (χ3v) is 6.44. The largest absolute Gasteiger partial charge is 0.354 e. The number of carbonyl (C=O) groups excluding carboxylic acids is 1. The molecular formula is C20H27N7O. The average molecular weight is 381 g/mol. The third kappa shape index (κ3) is 2.95. The number of carbonyl (C=O) groups is 1. The van der Waals surface area contributed by atoms with Crippen LogP contribution in [0.4, 0.5) is 10.6 Å². The summed E-state index contributed by atoms with van der Waals surface area (Å²) < 4.78 is 0. The zero-order valence-electron chi connectivity index (χ0n) is 16.4. The quantitative estimate of drug-likeness (QED) is 0.629. The van der Waals surface area contributed by atoms with Gasteiger partial charge in [0, 0.05) is 46.0 Å². The molecule has 3 aliphatic heterocycles. The molecule has 8 heteroatoms. The SMILES string of the molecule is C=Nc1[nH]ccc1/C(=N\C)N1CCC2(CCCN2C(=O)N2CCC(C#N)C2)C1. The second kappa shape index (κ2) is 7.30. The first-order chi connectivity index (χ1) is 13.6. The number of hydrogen-bond donors (Lipinski definition) is 1. The first-order valence-corrected chi connectivity index (χ1v) is 9.94. The van der Waals surface area contributed by atoms with Crippen LogP contribution in [0, 0.1) is 17.2 Å². The Morgan fingerprint density at radius 2 is 2.21 bits per heavy atom. The molecule has 4 rings (SSSR count). The fraction of sp³-hybridized carbons (Fsp3) is 0.600. The lowest BCUT2D eigenvalue weighted by Gasteiger charge is -2.37. The smallest absolute Gasteiger partial charge is 0.320 e. The van der Waals surface area contributed by atoms with Crippen molar-refractivity contribution in [2.75, 3.05) is 39.8 Å². The van der Waals surface area contributed by atoms with Gasteiger partial charge in [0.25, 0.3) is 0 Å². The van der Waals surface area contributed by atoms with Gasteiger partial charge in [0.15, 0.2) is 0 Å². The van der Waals surface area contributed by atoms with E-state index in [2.05, 4.69) is 37.6 Å². The molecule has 3 aliphatic rings. The number of amides is 2. The van der Waals surface area contributed by atoms with Crippen molar-refractivity contribution in [1.29, 1.82) is 5.26 Å². The van der Waals surface area contributed by atoms with Gasteiger partial charge in [-0.25, -0.2) is 9.79 Å². The lowest BCUT2D eigenvalue weighted by molar-refractivity contribution is 0.122. The highest BCUT2D eigenvalue weighted by molar-refractivity contribution is 6.02. The molecule has 2 amide bonds. The van der Waals surface area contributed by atoms with E-state index in [0.29, 0.717) is 13.1 Å². The lowest BCUT2D eigenvalue weighted by Crippen LogP contribution is -2.53. The standard InChI is InChI=1S/C20H27N7O/c1-22-17-16(4-8-24-17)18(23-2)26-11-7-20(14-26)6-3-9-27(20)19(28)25-10-5-15(12-21)13-25/h4,8,15,24H,1,3,5-7,9-11,13-14H2,2H3/b23-18+. The highest BCUT2D eigenvalue weighted by Crippen LogP contribution is 2.39. The van der Waals surface area contributed by atoms with Crippen LogP contribution in [0.5, 0.6) is 0 Å². The van der Waals surface area contributed by atoms with Gasteiger partial charge in [-0.05, 0) is 38.5 Å². The number of likely N-dealkylation sites (tertiary alicyclic amines) is 3. The van der Waals surface area contributed by atoms with E-state index in [1.165, 1.54) is 0 Å². The highest BCUT2D eigenvalue weighted by Gasteiger charge is 2.50. The number of H-pyrrole nitrogens is 1. The summed E-state index contributed by atoms with van der Waals surface area (Å²) in [5.74, 6) is 1.59. The van der Waals surface area contributed by atoms with Crippen molar-refractivity contribution >= 4 is 24.4 Å². The Balaban J connectivity index is 1.52. The third-order valence-electron chi connectivity index (χ3n) is 6.44. The number of aliphatic imine (C=N–C) groups is 2. The first kappa shape index (κ1) is 18.5. The molecule has 0 aliphatic carbocycles. The van der Waals surface area contributed by atoms with Crippen molar-refractivity contribution in [2.45, 2.75) is 31.2 Å². The highest BCUT2D eigenvalue weighted by atomic mass is 16.2. The maximum Gasteiger partial charge on any atom is 0.320 e. The summed E-state index contributed by atoms with van der Waals surface area (Å²) in [6, 6.07) is 4.38. The van der Waals surface area contributed by atoms with Gasteiger partial charge in [-0.2, -0.15) is 5.26 Å². The number of nitrogens with zero attached hydrogens (tertiary/aromatic N) is 6. The van der Waals surface area contributed by atoms with Gasteiger partial charge in [-0.15, -0.1) is 0 Å². The number of hydrogen-bond acceptors (Lipinski definition) is 4. The van der Waals surface area contributed by atoms with Crippen LogP contribution in [0.3, 0.4) is 0 Å². The second-order valence-electron chi connectivity index (χ2n) is 7.94. The summed E-state index contributed by atoms with van der Waals surface area (Å²) in [6.45, 7) is 7.32. The monoisotopic (exact) mass is 381 g/mol. The van der Waals surface area contributed by atoms with Crippen LogP contribution >= 0.6 is 0 Å². The van der Waals surface area contributed by atoms with E-state index < -0.39 is 0 Å². The Hall–Kier alpha value is -2.82. The molecule has 8 nitrogen and oxygen atoms in total. The molecule has 0 radical (unpaired) electrons. The molecule has 0 aromatic carbocycles. The molecule has 2 atom stereocenters. The van der Waals surface area contributed by atoms with Crippen LogP contribution in [-0.2, 0) is 0 Å². The summed E-state index contributed by atoms with van der Waals surface area (Å²) in [5, 5.41) is 9.16. The maximum absolute atomic E-state index is 13.2. The predicted molar refractivity (Wildman–Crippen MR) is 108 cm³/mol. The van der Waals surface area contributed by atoms with Gasteiger partial charge in [-0.3, -0.25) is 4.99 Å². The van der Waals surface area contributed by atoms with Crippen LogP contribution in [0.2, 0.25) is 0 Å². The molecule has 28 heavy (non-hydrogen) atoms. The predicted octanol–water partition coefficient (Wildman–Crippen LogP) is 2.23. The molecule has 148 valence electrons. The molecule has 1 spiro atoms. The maximum atomic E-state index is 13.2. The summed E-state index contributed by atoms with van der Waals surface area (Å²) >= 11 is 0. The number of amidine groups is 1. The van der Waals surface area contributed by atoms with E-state index >= 15 is 0 Å². The van der Waals surface area contributed by atoms with Crippen molar-refractivity contribution in [3.8, 4) is 6.07 Å². The van der Waals surface area contributed by atoms with Crippen LogP contribution in [0.1, 0.15) is 31.2 Å². The number of rotatable bonds is 2.